The van der Waals surface area contributed by atoms with Gasteiger partial charge in [0.2, 0.25) is 11.6 Å². The average molecular weight is 218 g/mol. The Bertz CT molecular complexity index is 260. The van der Waals surface area contributed by atoms with E-state index in [2.05, 4.69) is 15.3 Å². The van der Waals surface area contributed by atoms with E-state index in [1.54, 1.807) is 0 Å². The predicted molar refractivity (Wildman–Crippen MR) is 59.1 cm³/mol. The summed E-state index contributed by atoms with van der Waals surface area (Å²) in [4.78, 5) is 8.38. The maximum absolute atomic E-state index is 5.93. The van der Waals surface area contributed by atoms with Gasteiger partial charge in [0.15, 0.2) is 0 Å². The smallest absolute Gasteiger partial charge is 0.216 e. The molecule has 1 aliphatic heterocycles. The molecule has 1 aliphatic rings. The van der Waals surface area contributed by atoms with Crippen LogP contribution in [0.25, 0.3) is 0 Å². The lowest BCUT2D eigenvalue weighted by Crippen LogP contribution is -2.56. The number of alkyl halides is 1. The van der Waals surface area contributed by atoms with Crippen LogP contribution >= 0.6 is 11.6 Å². The Kier molecular flexibility index (Phi) is 3.71. The molecule has 0 aromatic rings. The van der Waals surface area contributed by atoms with Crippen LogP contribution in [0.5, 0.6) is 0 Å². The molecular weight excluding hydrogens is 202 g/mol. The Labute approximate surface area is 89.0 Å². The molecule has 14 heavy (non-hydrogen) atoms. The van der Waals surface area contributed by atoms with E-state index in [0.29, 0.717) is 12.5 Å². The Hall–Kier alpha value is -0.810. The van der Waals surface area contributed by atoms with E-state index in [9.17, 15) is 0 Å². The van der Waals surface area contributed by atoms with Gasteiger partial charge in [0.25, 0.3) is 0 Å². The third-order valence-corrected chi connectivity index (χ3v) is 2.12. The SMILES string of the molecule is CCN=C1NC(C(C)C)=NC(Cl)N1N. The number of hydrogen-bond donors (Lipinski definition) is 2. The zero-order chi connectivity index (χ0) is 10.7. The number of nitrogens with one attached hydrogen (secondary N) is 1. The van der Waals surface area contributed by atoms with Crippen LogP contribution in [-0.2, 0) is 0 Å². The van der Waals surface area contributed by atoms with Gasteiger partial charge in [0, 0.05) is 12.5 Å². The summed E-state index contributed by atoms with van der Waals surface area (Å²) < 4.78 is 0. The van der Waals surface area contributed by atoms with Crippen molar-refractivity contribution in [3.05, 3.63) is 0 Å². The van der Waals surface area contributed by atoms with Gasteiger partial charge in [0.1, 0.15) is 5.84 Å². The van der Waals surface area contributed by atoms with Gasteiger partial charge >= 0.3 is 0 Å². The van der Waals surface area contributed by atoms with E-state index < -0.39 is 5.62 Å². The molecule has 0 saturated heterocycles. The van der Waals surface area contributed by atoms with Crippen molar-refractivity contribution in [2.75, 3.05) is 6.54 Å². The van der Waals surface area contributed by atoms with Crippen LogP contribution in [0, 0.1) is 5.92 Å². The highest BCUT2D eigenvalue weighted by molar-refractivity contribution is 6.23. The maximum atomic E-state index is 5.93. The molecule has 0 spiro atoms. The number of rotatable bonds is 2. The topological polar surface area (TPSA) is 66.0 Å². The summed E-state index contributed by atoms with van der Waals surface area (Å²) in [6, 6.07) is 0. The van der Waals surface area contributed by atoms with Crippen LogP contribution in [0.1, 0.15) is 20.8 Å². The molecule has 1 heterocycles. The molecule has 6 heteroatoms. The highest BCUT2D eigenvalue weighted by Crippen LogP contribution is 2.10. The summed E-state index contributed by atoms with van der Waals surface area (Å²) in [7, 11) is 0. The first-order valence-electron chi connectivity index (χ1n) is 4.63. The van der Waals surface area contributed by atoms with Gasteiger partial charge in [-0.05, 0) is 6.92 Å². The minimum absolute atomic E-state index is 0.284. The first kappa shape index (κ1) is 11.3. The minimum atomic E-state index is -0.570. The lowest BCUT2D eigenvalue weighted by molar-refractivity contribution is 0.391. The van der Waals surface area contributed by atoms with E-state index in [4.69, 9.17) is 17.4 Å². The molecule has 0 aromatic heterocycles. The lowest BCUT2D eigenvalue weighted by Gasteiger charge is -2.30. The van der Waals surface area contributed by atoms with Crippen molar-refractivity contribution in [1.29, 1.82) is 0 Å². The van der Waals surface area contributed by atoms with Crippen molar-refractivity contribution >= 4 is 23.4 Å². The highest BCUT2D eigenvalue weighted by atomic mass is 35.5. The molecule has 80 valence electrons. The van der Waals surface area contributed by atoms with Crippen LogP contribution in [0.2, 0.25) is 0 Å². The van der Waals surface area contributed by atoms with E-state index in [1.807, 2.05) is 20.8 Å². The number of halogens is 1. The Morgan fingerprint density at radius 3 is 2.86 bits per heavy atom. The van der Waals surface area contributed by atoms with Crippen molar-refractivity contribution in [3.63, 3.8) is 0 Å². The van der Waals surface area contributed by atoms with Crippen LogP contribution in [-0.4, -0.2) is 29.0 Å². The molecule has 0 amide bonds. The number of amidine groups is 1. The molecule has 0 aromatic carbocycles. The van der Waals surface area contributed by atoms with E-state index in [0.717, 1.165) is 5.84 Å². The normalized spacial score (nSPS) is 25.3. The van der Waals surface area contributed by atoms with Crippen LogP contribution in [0.3, 0.4) is 0 Å². The van der Waals surface area contributed by atoms with Crippen molar-refractivity contribution < 1.29 is 0 Å². The Balaban J connectivity index is 2.87. The zero-order valence-corrected chi connectivity index (χ0v) is 9.41. The van der Waals surface area contributed by atoms with Gasteiger partial charge in [-0.2, -0.15) is 0 Å². The summed E-state index contributed by atoms with van der Waals surface area (Å²) in [6.45, 7) is 6.66. The first-order chi connectivity index (χ1) is 6.56. The largest absolute Gasteiger partial charge is 0.313 e. The Morgan fingerprint density at radius 2 is 2.36 bits per heavy atom. The molecule has 1 unspecified atom stereocenters. The average Bonchev–Trinajstić information content (AvgIpc) is 2.12. The molecule has 5 nitrogen and oxygen atoms in total. The number of guanidine groups is 1. The highest BCUT2D eigenvalue weighted by Gasteiger charge is 2.24. The number of hydrogen-bond acceptors (Lipinski definition) is 3. The van der Waals surface area contributed by atoms with E-state index in [-0.39, 0.29) is 5.92 Å². The number of nitrogens with zero attached hydrogens (tertiary/aromatic N) is 3. The summed E-state index contributed by atoms with van der Waals surface area (Å²) in [5, 5.41) is 4.37. The molecule has 0 bridgehead atoms. The first-order valence-corrected chi connectivity index (χ1v) is 5.07. The second-order valence-corrected chi connectivity index (χ2v) is 3.70. The predicted octanol–water partition coefficient (Wildman–Crippen LogP) is 0.718. The van der Waals surface area contributed by atoms with Crippen molar-refractivity contribution in [1.82, 2.24) is 10.3 Å². The van der Waals surface area contributed by atoms with Crippen LogP contribution < -0.4 is 11.2 Å². The summed E-state index contributed by atoms with van der Waals surface area (Å²) in [5.74, 6) is 7.35. The lowest BCUT2D eigenvalue weighted by atomic mass is 10.2. The molecule has 0 saturated carbocycles. The molecule has 0 aliphatic carbocycles. The molecule has 0 fully saturated rings. The van der Waals surface area contributed by atoms with Crippen LogP contribution in [0.4, 0.5) is 0 Å². The van der Waals surface area contributed by atoms with Gasteiger partial charge in [0.05, 0.1) is 0 Å². The van der Waals surface area contributed by atoms with Gasteiger partial charge in [-0.15, -0.1) is 0 Å². The minimum Gasteiger partial charge on any atom is -0.313 e. The molecule has 0 radical (unpaired) electrons. The summed E-state index contributed by atoms with van der Waals surface area (Å²) >= 11 is 5.93. The molecule has 1 rings (SSSR count). The Morgan fingerprint density at radius 1 is 1.71 bits per heavy atom. The zero-order valence-electron chi connectivity index (χ0n) is 8.66. The van der Waals surface area contributed by atoms with Gasteiger partial charge < -0.3 is 5.32 Å². The second-order valence-electron chi connectivity index (χ2n) is 3.31. The van der Waals surface area contributed by atoms with Gasteiger partial charge in [-0.25, -0.2) is 15.8 Å². The fraction of sp³-hybridized carbons (Fsp3) is 0.750. The summed E-state index contributed by atoms with van der Waals surface area (Å²) in [5.41, 5.74) is -0.570. The maximum Gasteiger partial charge on any atom is 0.216 e. The molecular formula is C8H16ClN5. The van der Waals surface area contributed by atoms with E-state index in [1.165, 1.54) is 5.01 Å². The van der Waals surface area contributed by atoms with E-state index >= 15 is 0 Å². The van der Waals surface area contributed by atoms with Crippen molar-refractivity contribution in [3.8, 4) is 0 Å². The van der Waals surface area contributed by atoms with Gasteiger partial charge in [-0.3, -0.25) is 4.99 Å². The third-order valence-electron chi connectivity index (χ3n) is 1.81. The standard InChI is InChI=1S/C8H16ClN5/c1-4-11-8-13-6(5(2)3)12-7(9)14(8)10/h5,7H,4,10H2,1-3H3,(H,11,12,13). The monoisotopic (exact) mass is 217 g/mol. The fourth-order valence-electron chi connectivity index (χ4n) is 1.05. The number of hydrazine groups is 1. The summed E-state index contributed by atoms with van der Waals surface area (Å²) in [6.07, 6.45) is 0. The van der Waals surface area contributed by atoms with Crippen LogP contribution in [0.15, 0.2) is 9.98 Å². The van der Waals surface area contributed by atoms with Crippen molar-refractivity contribution in [2.45, 2.75) is 26.4 Å². The third kappa shape index (κ3) is 2.36. The fourth-order valence-corrected chi connectivity index (χ4v) is 1.25. The molecule has 3 N–H and O–H groups in total. The second kappa shape index (κ2) is 4.61. The number of nitrogens with two attached hydrogens (primary N) is 1. The van der Waals surface area contributed by atoms with Gasteiger partial charge in [-0.1, -0.05) is 25.4 Å². The quantitative estimate of drug-likeness (QED) is 0.407. The number of aliphatic imine (C=N–C) groups is 2. The molecule has 1 atom stereocenters. The van der Waals surface area contributed by atoms with Crippen molar-refractivity contribution in [2.24, 2.45) is 21.7 Å².